The van der Waals surface area contributed by atoms with E-state index in [4.69, 9.17) is 0 Å². The van der Waals surface area contributed by atoms with Gasteiger partial charge in [-0.1, -0.05) is 6.92 Å². The summed E-state index contributed by atoms with van der Waals surface area (Å²) in [6.45, 7) is 3.59. The Labute approximate surface area is 156 Å². The van der Waals surface area contributed by atoms with E-state index in [0.717, 1.165) is 40.0 Å². The van der Waals surface area contributed by atoms with Crippen molar-refractivity contribution in [3.05, 3.63) is 60.6 Å². The van der Waals surface area contributed by atoms with Crippen molar-refractivity contribution >= 4 is 22.8 Å². The molecule has 0 atom stereocenters. The number of H-pyrrole nitrogens is 1. The maximum absolute atomic E-state index is 11.4. The Bertz CT molecular complexity index is 1130. The van der Waals surface area contributed by atoms with Gasteiger partial charge in [-0.2, -0.15) is 0 Å². The standard InChI is InChI=1S/C21H19N5O/c1-3-14-6-9-22-17(11-14)19-20(26-16-5-4-8-24-21(16)19)15-7-10-23-18(12-15)25-13(2)27/h4-12,26H,3H2,1-2H3,(H,23,25,27). The molecule has 4 rings (SSSR count). The first kappa shape index (κ1) is 16.9. The fraction of sp³-hybridized carbons (Fsp3) is 0.143. The molecule has 4 heterocycles. The summed E-state index contributed by atoms with van der Waals surface area (Å²) in [5, 5.41) is 2.73. The van der Waals surface area contributed by atoms with Crippen LogP contribution in [-0.2, 0) is 11.2 Å². The quantitative estimate of drug-likeness (QED) is 0.573. The van der Waals surface area contributed by atoms with Crippen LogP contribution in [0.2, 0.25) is 0 Å². The van der Waals surface area contributed by atoms with Crippen LogP contribution in [0.15, 0.2) is 55.0 Å². The molecule has 0 aromatic carbocycles. The smallest absolute Gasteiger partial charge is 0.222 e. The highest BCUT2D eigenvalue weighted by Crippen LogP contribution is 2.37. The number of rotatable bonds is 4. The maximum atomic E-state index is 11.4. The Hall–Kier alpha value is -3.54. The number of anilines is 1. The van der Waals surface area contributed by atoms with E-state index in [1.54, 1.807) is 12.4 Å². The number of hydrogen-bond acceptors (Lipinski definition) is 4. The van der Waals surface area contributed by atoms with Gasteiger partial charge in [0.1, 0.15) is 5.82 Å². The minimum atomic E-state index is -0.157. The van der Waals surface area contributed by atoms with Crippen LogP contribution in [0.4, 0.5) is 5.82 Å². The number of aromatic amines is 1. The molecule has 27 heavy (non-hydrogen) atoms. The lowest BCUT2D eigenvalue weighted by molar-refractivity contribution is -0.114. The van der Waals surface area contributed by atoms with Crippen molar-refractivity contribution in [1.82, 2.24) is 19.9 Å². The molecular formula is C21H19N5O. The molecule has 6 nitrogen and oxygen atoms in total. The third-order valence-electron chi connectivity index (χ3n) is 4.40. The minimum Gasteiger partial charge on any atom is -0.353 e. The molecule has 4 aromatic heterocycles. The molecule has 0 aliphatic rings. The van der Waals surface area contributed by atoms with E-state index in [2.05, 4.69) is 38.2 Å². The average molecular weight is 357 g/mol. The number of nitrogens with one attached hydrogen (secondary N) is 2. The molecule has 0 saturated heterocycles. The second-order valence-corrected chi connectivity index (χ2v) is 6.29. The largest absolute Gasteiger partial charge is 0.353 e. The van der Waals surface area contributed by atoms with Gasteiger partial charge < -0.3 is 10.3 Å². The Morgan fingerprint density at radius 3 is 2.74 bits per heavy atom. The SMILES string of the molecule is CCc1ccnc(-c2c(-c3ccnc(NC(C)=O)c3)[nH]c3cccnc23)c1. The third kappa shape index (κ3) is 3.29. The molecule has 0 radical (unpaired) electrons. The van der Waals surface area contributed by atoms with E-state index >= 15 is 0 Å². The molecule has 4 aromatic rings. The van der Waals surface area contributed by atoms with Gasteiger partial charge >= 0.3 is 0 Å². The van der Waals surface area contributed by atoms with E-state index in [1.165, 1.54) is 12.5 Å². The van der Waals surface area contributed by atoms with Crippen molar-refractivity contribution in [3.63, 3.8) is 0 Å². The molecule has 0 aliphatic heterocycles. The summed E-state index contributed by atoms with van der Waals surface area (Å²) in [6.07, 6.45) is 6.22. The molecule has 6 heteroatoms. The molecular weight excluding hydrogens is 338 g/mol. The van der Waals surface area contributed by atoms with E-state index in [1.807, 2.05) is 36.5 Å². The summed E-state index contributed by atoms with van der Waals surface area (Å²) in [6, 6.07) is 11.8. The fourth-order valence-electron chi connectivity index (χ4n) is 3.15. The Morgan fingerprint density at radius 2 is 1.93 bits per heavy atom. The molecule has 0 aliphatic carbocycles. The zero-order chi connectivity index (χ0) is 18.8. The zero-order valence-corrected chi connectivity index (χ0v) is 15.2. The van der Waals surface area contributed by atoms with Crippen molar-refractivity contribution in [2.45, 2.75) is 20.3 Å². The van der Waals surface area contributed by atoms with E-state index in [0.29, 0.717) is 5.82 Å². The van der Waals surface area contributed by atoms with Gasteiger partial charge in [0.15, 0.2) is 0 Å². The molecule has 0 bridgehead atoms. The predicted molar refractivity (Wildman–Crippen MR) is 106 cm³/mol. The summed E-state index contributed by atoms with van der Waals surface area (Å²) in [5.41, 5.74) is 6.64. The number of hydrogen-bond donors (Lipinski definition) is 2. The van der Waals surface area contributed by atoms with Crippen LogP contribution in [0.25, 0.3) is 33.5 Å². The highest BCUT2D eigenvalue weighted by molar-refractivity contribution is 6.01. The second-order valence-electron chi connectivity index (χ2n) is 6.29. The van der Waals surface area contributed by atoms with Gasteiger partial charge in [0.05, 0.1) is 28.0 Å². The van der Waals surface area contributed by atoms with Crippen molar-refractivity contribution < 1.29 is 4.79 Å². The molecule has 1 amide bonds. The van der Waals surface area contributed by atoms with Crippen LogP contribution in [0, 0.1) is 0 Å². The number of aromatic nitrogens is 4. The van der Waals surface area contributed by atoms with Gasteiger partial charge in [-0.15, -0.1) is 0 Å². The molecule has 0 unspecified atom stereocenters. The van der Waals surface area contributed by atoms with Crippen LogP contribution in [-0.4, -0.2) is 25.8 Å². The highest BCUT2D eigenvalue weighted by atomic mass is 16.1. The third-order valence-corrected chi connectivity index (χ3v) is 4.40. The molecule has 0 spiro atoms. The fourth-order valence-corrected chi connectivity index (χ4v) is 3.15. The number of carbonyl (C=O) groups excluding carboxylic acids is 1. The lowest BCUT2D eigenvalue weighted by Crippen LogP contribution is -2.07. The summed E-state index contributed by atoms with van der Waals surface area (Å²) in [7, 11) is 0. The molecule has 0 fully saturated rings. The predicted octanol–water partition coefficient (Wildman–Crippen LogP) is 4.21. The number of aryl methyl sites for hydroxylation is 1. The summed E-state index contributed by atoms with van der Waals surface area (Å²) < 4.78 is 0. The van der Waals surface area contributed by atoms with Crippen molar-refractivity contribution in [2.24, 2.45) is 0 Å². The average Bonchev–Trinajstić information content (AvgIpc) is 3.07. The van der Waals surface area contributed by atoms with Crippen LogP contribution >= 0.6 is 0 Å². The van der Waals surface area contributed by atoms with Gasteiger partial charge in [0, 0.05) is 31.1 Å². The van der Waals surface area contributed by atoms with Crippen molar-refractivity contribution in [2.75, 3.05) is 5.32 Å². The van der Waals surface area contributed by atoms with Gasteiger partial charge in [-0.25, -0.2) is 4.98 Å². The summed E-state index contributed by atoms with van der Waals surface area (Å²) in [5.74, 6) is 0.350. The van der Waals surface area contributed by atoms with E-state index in [9.17, 15) is 4.79 Å². The van der Waals surface area contributed by atoms with Crippen LogP contribution < -0.4 is 5.32 Å². The van der Waals surface area contributed by atoms with Crippen molar-refractivity contribution in [3.8, 4) is 22.5 Å². The van der Waals surface area contributed by atoms with Crippen LogP contribution in [0.1, 0.15) is 19.4 Å². The lowest BCUT2D eigenvalue weighted by atomic mass is 10.0. The number of carbonyl (C=O) groups is 1. The maximum Gasteiger partial charge on any atom is 0.222 e. The first-order chi connectivity index (χ1) is 13.2. The van der Waals surface area contributed by atoms with Gasteiger partial charge in [0.2, 0.25) is 5.91 Å². The van der Waals surface area contributed by atoms with Gasteiger partial charge in [-0.05, 0) is 48.4 Å². The first-order valence-corrected chi connectivity index (χ1v) is 8.81. The normalized spacial score (nSPS) is 10.9. The van der Waals surface area contributed by atoms with Crippen LogP contribution in [0.5, 0.6) is 0 Å². The van der Waals surface area contributed by atoms with Crippen molar-refractivity contribution in [1.29, 1.82) is 0 Å². The zero-order valence-electron chi connectivity index (χ0n) is 15.2. The Morgan fingerprint density at radius 1 is 1.07 bits per heavy atom. The minimum absolute atomic E-state index is 0.157. The topological polar surface area (TPSA) is 83.6 Å². The van der Waals surface area contributed by atoms with E-state index < -0.39 is 0 Å². The van der Waals surface area contributed by atoms with Gasteiger partial charge in [0.25, 0.3) is 0 Å². The molecule has 0 saturated carbocycles. The van der Waals surface area contributed by atoms with Crippen LogP contribution in [0.3, 0.4) is 0 Å². The Kier molecular flexibility index (Phi) is 4.38. The highest BCUT2D eigenvalue weighted by Gasteiger charge is 2.18. The number of pyridine rings is 3. The molecule has 134 valence electrons. The second kappa shape index (κ2) is 6.99. The number of fused-ring (bicyclic) bond motifs is 1. The molecule has 2 N–H and O–H groups in total. The number of nitrogens with zero attached hydrogens (tertiary/aromatic N) is 3. The van der Waals surface area contributed by atoms with E-state index in [-0.39, 0.29) is 5.91 Å². The number of amides is 1. The summed E-state index contributed by atoms with van der Waals surface area (Å²) >= 11 is 0. The first-order valence-electron chi connectivity index (χ1n) is 8.81. The monoisotopic (exact) mass is 357 g/mol. The van der Waals surface area contributed by atoms with Gasteiger partial charge in [-0.3, -0.25) is 14.8 Å². The summed E-state index contributed by atoms with van der Waals surface area (Å²) in [4.78, 5) is 28.2. The Balaban J connectivity index is 1.94. The lowest BCUT2D eigenvalue weighted by Gasteiger charge is -2.08.